The third-order valence-corrected chi connectivity index (χ3v) is 3.64. The Balaban J connectivity index is 2.22. The summed E-state index contributed by atoms with van der Waals surface area (Å²) >= 11 is 0. The quantitative estimate of drug-likeness (QED) is 0.764. The van der Waals surface area contributed by atoms with Crippen molar-refractivity contribution in [3.63, 3.8) is 0 Å². The minimum Gasteiger partial charge on any atom is -0.207 e. The van der Waals surface area contributed by atoms with Gasteiger partial charge in [-0.2, -0.15) is 5.26 Å². The van der Waals surface area contributed by atoms with Gasteiger partial charge >= 0.3 is 0 Å². The first kappa shape index (κ1) is 12.0. The van der Waals surface area contributed by atoms with Gasteiger partial charge in [0.25, 0.3) is 0 Å². The maximum atomic E-state index is 13.6. The number of nitrogens with zero attached hydrogens (tertiary/aromatic N) is 1. The summed E-state index contributed by atoms with van der Waals surface area (Å²) in [7, 11) is 0. The van der Waals surface area contributed by atoms with E-state index in [9.17, 15) is 14.0 Å². The number of rotatable bonds is 2. The standard InChI is InChI=1S/C14H15F2N/c1-10-4-5-14(7-10,9-17)8-11-2-3-12(15)6-13(11)16/h2-3,6,10H,4-5,7-8H2,1H3. The zero-order valence-electron chi connectivity index (χ0n) is 9.84. The van der Waals surface area contributed by atoms with Crippen LogP contribution in [-0.2, 0) is 6.42 Å². The van der Waals surface area contributed by atoms with Crippen LogP contribution in [0.3, 0.4) is 0 Å². The molecule has 90 valence electrons. The molecule has 2 unspecified atom stereocenters. The van der Waals surface area contributed by atoms with E-state index in [0.29, 0.717) is 17.9 Å². The number of hydrogen-bond donors (Lipinski definition) is 0. The minimum atomic E-state index is -0.572. The summed E-state index contributed by atoms with van der Waals surface area (Å²) in [5, 5.41) is 9.29. The summed E-state index contributed by atoms with van der Waals surface area (Å²) in [6.07, 6.45) is 3.01. The molecule has 1 aliphatic carbocycles. The summed E-state index contributed by atoms with van der Waals surface area (Å²) in [6, 6.07) is 5.93. The molecule has 3 heteroatoms. The van der Waals surface area contributed by atoms with Gasteiger partial charge in [0.1, 0.15) is 11.6 Å². The molecule has 2 atom stereocenters. The number of nitriles is 1. The van der Waals surface area contributed by atoms with E-state index in [-0.39, 0.29) is 0 Å². The van der Waals surface area contributed by atoms with Gasteiger partial charge in [-0.1, -0.05) is 13.0 Å². The van der Waals surface area contributed by atoms with Crippen LogP contribution in [0.4, 0.5) is 8.78 Å². The van der Waals surface area contributed by atoms with Gasteiger partial charge in [-0.15, -0.1) is 0 Å². The summed E-state index contributed by atoms with van der Waals surface area (Å²) < 4.78 is 26.4. The lowest BCUT2D eigenvalue weighted by Gasteiger charge is -2.20. The third-order valence-electron chi connectivity index (χ3n) is 3.64. The predicted molar refractivity (Wildman–Crippen MR) is 61.1 cm³/mol. The maximum absolute atomic E-state index is 13.6. The molecule has 0 radical (unpaired) electrons. The van der Waals surface area contributed by atoms with Gasteiger partial charge in [0.15, 0.2) is 0 Å². The molecule has 1 aromatic rings. The molecule has 0 aromatic heterocycles. The van der Waals surface area contributed by atoms with Gasteiger partial charge in [-0.05, 0) is 43.2 Å². The fraction of sp³-hybridized carbons (Fsp3) is 0.500. The average Bonchev–Trinajstić information content (AvgIpc) is 2.65. The number of benzene rings is 1. The van der Waals surface area contributed by atoms with Crippen molar-refractivity contribution in [3.8, 4) is 6.07 Å². The van der Waals surface area contributed by atoms with Gasteiger partial charge in [0.05, 0.1) is 11.5 Å². The van der Waals surface area contributed by atoms with Crippen molar-refractivity contribution in [2.24, 2.45) is 11.3 Å². The zero-order chi connectivity index (χ0) is 12.5. The first-order valence-electron chi connectivity index (χ1n) is 5.90. The van der Waals surface area contributed by atoms with Crippen molar-refractivity contribution < 1.29 is 8.78 Å². The molecule has 0 amide bonds. The smallest absolute Gasteiger partial charge is 0.129 e. The second-order valence-electron chi connectivity index (χ2n) is 5.15. The molecule has 0 spiro atoms. The Morgan fingerprint density at radius 2 is 2.24 bits per heavy atom. The molecule has 0 N–H and O–H groups in total. The Hall–Kier alpha value is -1.43. The lowest BCUT2D eigenvalue weighted by Crippen LogP contribution is -2.18. The molecule has 0 bridgehead atoms. The van der Waals surface area contributed by atoms with Crippen LogP contribution in [0.5, 0.6) is 0 Å². The van der Waals surface area contributed by atoms with E-state index in [1.165, 1.54) is 12.1 Å². The van der Waals surface area contributed by atoms with Crippen LogP contribution in [-0.4, -0.2) is 0 Å². The zero-order valence-corrected chi connectivity index (χ0v) is 9.84. The highest BCUT2D eigenvalue weighted by Crippen LogP contribution is 2.43. The monoisotopic (exact) mass is 235 g/mol. The minimum absolute atomic E-state index is 0.389. The van der Waals surface area contributed by atoms with Gasteiger partial charge in [0, 0.05) is 6.07 Å². The molecule has 0 saturated heterocycles. The van der Waals surface area contributed by atoms with E-state index in [1.54, 1.807) is 0 Å². The van der Waals surface area contributed by atoms with Crippen LogP contribution in [0.15, 0.2) is 18.2 Å². The fourth-order valence-electron chi connectivity index (χ4n) is 2.73. The molecular weight excluding hydrogens is 220 g/mol. The van der Waals surface area contributed by atoms with E-state index >= 15 is 0 Å². The first-order chi connectivity index (χ1) is 8.04. The topological polar surface area (TPSA) is 23.8 Å². The molecule has 1 nitrogen and oxygen atoms in total. The SMILES string of the molecule is CC1CCC(C#N)(Cc2ccc(F)cc2F)C1. The molecule has 1 aliphatic rings. The fourth-order valence-corrected chi connectivity index (χ4v) is 2.73. The van der Waals surface area contributed by atoms with Crippen LogP contribution >= 0.6 is 0 Å². The third kappa shape index (κ3) is 2.46. The van der Waals surface area contributed by atoms with Crippen molar-refractivity contribution in [2.75, 3.05) is 0 Å². The number of hydrogen-bond acceptors (Lipinski definition) is 1. The Morgan fingerprint density at radius 3 is 2.76 bits per heavy atom. The average molecular weight is 235 g/mol. The van der Waals surface area contributed by atoms with Crippen molar-refractivity contribution >= 4 is 0 Å². The van der Waals surface area contributed by atoms with Crippen LogP contribution in [0.25, 0.3) is 0 Å². The van der Waals surface area contributed by atoms with Crippen molar-refractivity contribution in [1.29, 1.82) is 5.26 Å². The Morgan fingerprint density at radius 1 is 1.47 bits per heavy atom. The van der Waals surface area contributed by atoms with Gasteiger partial charge in [-0.3, -0.25) is 0 Å². The Labute approximate surface area is 100 Å². The van der Waals surface area contributed by atoms with Gasteiger partial charge in [-0.25, -0.2) is 8.78 Å². The van der Waals surface area contributed by atoms with Crippen molar-refractivity contribution in [3.05, 3.63) is 35.4 Å². The second kappa shape index (κ2) is 4.44. The maximum Gasteiger partial charge on any atom is 0.129 e. The van der Waals surface area contributed by atoms with E-state index in [0.717, 1.165) is 25.3 Å². The van der Waals surface area contributed by atoms with E-state index in [1.807, 2.05) is 0 Å². The molecule has 1 aromatic carbocycles. The van der Waals surface area contributed by atoms with E-state index in [2.05, 4.69) is 13.0 Å². The van der Waals surface area contributed by atoms with Crippen LogP contribution < -0.4 is 0 Å². The Kier molecular flexibility index (Phi) is 3.15. The molecule has 17 heavy (non-hydrogen) atoms. The highest BCUT2D eigenvalue weighted by atomic mass is 19.1. The van der Waals surface area contributed by atoms with Crippen LogP contribution in [0, 0.1) is 34.3 Å². The largest absolute Gasteiger partial charge is 0.207 e. The summed E-state index contributed by atoms with van der Waals surface area (Å²) in [5.41, 5.74) is -0.0139. The Bertz CT molecular complexity index is 464. The molecule has 2 rings (SSSR count). The van der Waals surface area contributed by atoms with Crippen molar-refractivity contribution in [1.82, 2.24) is 0 Å². The summed E-state index contributed by atoms with van der Waals surface area (Å²) in [5.74, 6) is -0.602. The second-order valence-corrected chi connectivity index (χ2v) is 5.15. The lowest BCUT2D eigenvalue weighted by atomic mass is 9.81. The summed E-state index contributed by atoms with van der Waals surface area (Å²) in [4.78, 5) is 0. The number of halogens is 2. The van der Waals surface area contributed by atoms with E-state index in [4.69, 9.17) is 0 Å². The van der Waals surface area contributed by atoms with E-state index < -0.39 is 17.0 Å². The first-order valence-corrected chi connectivity index (χ1v) is 5.90. The van der Waals surface area contributed by atoms with Crippen LogP contribution in [0.2, 0.25) is 0 Å². The molecule has 1 saturated carbocycles. The van der Waals surface area contributed by atoms with Gasteiger partial charge < -0.3 is 0 Å². The predicted octanol–water partition coefficient (Wildman–Crippen LogP) is 3.84. The summed E-state index contributed by atoms with van der Waals surface area (Å²) in [6.45, 7) is 2.11. The molecule has 0 heterocycles. The highest BCUT2D eigenvalue weighted by Gasteiger charge is 2.38. The molecule has 0 aliphatic heterocycles. The lowest BCUT2D eigenvalue weighted by molar-refractivity contribution is 0.383. The highest BCUT2D eigenvalue weighted by molar-refractivity contribution is 5.23. The van der Waals surface area contributed by atoms with Crippen molar-refractivity contribution in [2.45, 2.75) is 32.6 Å². The van der Waals surface area contributed by atoms with Gasteiger partial charge in [0.2, 0.25) is 0 Å². The van der Waals surface area contributed by atoms with Crippen LogP contribution in [0.1, 0.15) is 31.7 Å². The molecular formula is C14H15F2N. The molecule has 1 fully saturated rings. The normalized spacial score (nSPS) is 28.0.